The van der Waals surface area contributed by atoms with Crippen molar-refractivity contribution in [2.75, 3.05) is 0 Å². The van der Waals surface area contributed by atoms with E-state index in [1.807, 2.05) is 0 Å². The largest absolute Gasteiger partial charge is 0.303 e. The van der Waals surface area contributed by atoms with E-state index in [0.29, 0.717) is 30.8 Å². The first-order valence-electron chi connectivity index (χ1n) is 7.20. The summed E-state index contributed by atoms with van der Waals surface area (Å²) in [5, 5.41) is 0. The van der Waals surface area contributed by atoms with Crippen molar-refractivity contribution < 1.29 is 14.4 Å². The summed E-state index contributed by atoms with van der Waals surface area (Å²) in [5.74, 6) is 1.20. The third-order valence-electron chi connectivity index (χ3n) is 4.55. The molecule has 0 saturated heterocycles. The van der Waals surface area contributed by atoms with Crippen molar-refractivity contribution in [1.82, 2.24) is 0 Å². The third kappa shape index (κ3) is 3.27. The quantitative estimate of drug-likeness (QED) is 0.672. The first-order valence-corrected chi connectivity index (χ1v) is 7.20. The Kier molecular flexibility index (Phi) is 4.67. The van der Waals surface area contributed by atoms with Crippen molar-refractivity contribution >= 4 is 17.9 Å². The van der Waals surface area contributed by atoms with E-state index in [-0.39, 0.29) is 17.8 Å². The highest BCUT2D eigenvalue weighted by Gasteiger charge is 2.34. The lowest BCUT2D eigenvalue weighted by molar-refractivity contribution is -0.129. The summed E-state index contributed by atoms with van der Waals surface area (Å²) >= 11 is 0. The van der Waals surface area contributed by atoms with Gasteiger partial charge in [0.25, 0.3) is 0 Å². The van der Waals surface area contributed by atoms with Gasteiger partial charge >= 0.3 is 0 Å². The predicted octanol–water partition coefficient (Wildman–Crippen LogP) is 2.71. The molecule has 100 valence electrons. The number of Topliss-reactive ketones (excluding diaryl/α,β-unsaturated/α-hetero) is 2. The van der Waals surface area contributed by atoms with Crippen molar-refractivity contribution in [1.29, 1.82) is 0 Å². The Morgan fingerprint density at radius 1 is 0.944 bits per heavy atom. The van der Waals surface area contributed by atoms with E-state index in [1.165, 1.54) is 0 Å². The van der Waals surface area contributed by atoms with Crippen molar-refractivity contribution in [2.45, 2.75) is 57.8 Å². The normalized spacial score (nSPS) is 34.8. The van der Waals surface area contributed by atoms with E-state index in [1.54, 1.807) is 0 Å². The van der Waals surface area contributed by atoms with Crippen LogP contribution in [-0.4, -0.2) is 17.9 Å². The summed E-state index contributed by atoms with van der Waals surface area (Å²) in [6, 6.07) is 0. The zero-order chi connectivity index (χ0) is 13.0. The Bertz CT molecular complexity index is 335. The minimum atomic E-state index is 0.108. The van der Waals surface area contributed by atoms with Gasteiger partial charge in [-0.2, -0.15) is 0 Å². The monoisotopic (exact) mass is 250 g/mol. The molecule has 0 aliphatic heterocycles. The first kappa shape index (κ1) is 13.4. The molecule has 3 heteroatoms. The van der Waals surface area contributed by atoms with E-state index < -0.39 is 0 Å². The predicted molar refractivity (Wildman–Crippen MR) is 68.1 cm³/mol. The van der Waals surface area contributed by atoms with Gasteiger partial charge in [-0.1, -0.05) is 0 Å². The number of rotatable bonds is 1. The fraction of sp³-hybridized carbons (Fsp3) is 0.800. The molecular weight excluding hydrogens is 228 g/mol. The summed E-state index contributed by atoms with van der Waals surface area (Å²) in [5.41, 5.74) is 0. The molecule has 3 atom stereocenters. The van der Waals surface area contributed by atoms with E-state index in [4.69, 9.17) is 0 Å². The second-order valence-electron chi connectivity index (χ2n) is 5.83. The van der Waals surface area contributed by atoms with Gasteiger partial charge < -0.3 is 4.79 Å². The Labute approximate surface area is 108 Å². The molecule has 2 saturated carbocycles. The van der Waals surface area contributed by atoms with E-state index >= 15 is 0 Å². The van der Waals surface area contributed by atoms with Crippen LogP contribution in [0.2, 0.25) is 0 Å². The zero-order valence-corrected chi connectivity index (χ0v) is 10.9. The number of aldehydes is 1. The standard InChI is InChI=1S/C15H22O3/c16-10-11-5-8-14-12(9-11)6-7-13(17)3-1-2-4-15(14)18/h10-12,14H,1-9H2. The molecule has 0 heterocycles. The summed E-state index contributed by atoms with van der Waals surface area (Å²) in [4.78, 5) is 34.7. The highest BCUT2D eigenvalue weighted by atomic mass is 16.1. The fourth-order valence-corrected chi connectivity index (χ4v) is 3.45. The first-order chi connectivity index (χ1) is 8.70. The molecule has 2 fully saturated rings. The lowest BCUT2D eigenvalue weighted by Crippen LogP contribution is -2.32. The number of carbonyl (C=O) groups is 3. The van der Waals surface area contributed by atoms with Gasteiger partial charge in [-0.25, -0.2) is 0 Å². The molecule has 0 amide bonds. The van der Waals surface area contributed by atoms with Gasteiger partial charge in [-0.05, 0) is 44.4 Å². The average molecular weight is 250 g/mol. The van der Waals surface area contributed by atoms with Crippen molar-refractivity contribution in [2.24, 2.45) is 17.8 Å². The van der Waals surface area contributed by atoms with Gasteiger partial charge in [0.2, 0.25) is 0 Å². The maximum Gasteiger partial charge on any atom is 0.136 e. The van der Waals surface area contributed by atoms with Gasteiger partial charge in [-0.3, -0.25) is 9.59 Å². The number of carbonyl (C=O) groups excluding carboxylic acids is 3. The third-order valence-corrected chi connectivity index (χ3v) is 4.55. The summed E-state index contributed by atoms with van der Waals surface area (Å²) in [6.45, 7) is 0. The summed E-state index contributed by atoms with van der Waals surface area (Å²) in [7, 11) is 0. The van der Waals surface area contributed by atoms with Crippen molar-refractivity contribution in [3.63, 3.8) is 0 Å². The number of hydrogen-bond acceptors (Lipinski definition) is 3. The summed E-state index contributed by atoms with van der Waals surface area (Å²) in [6.07, 6.45) is 7.91. The Morgan fingerprint density at radius 3 is 2.50 bits per heavy atom. The number of fused-ring (bicyclic) bond motifs is 1. The van der Waals surface area contributed by atoms with Crippen LogP contribution >= 0.6 is 0 Å². The molecule has 2 rings (SSSR count). The molecule has 3 nitrogen and oxygen atoms in total. The van der Waals surface area contributed by atoms with Crippen molar-refractivity contribution in [3.8, 4) is 0 Å². The van der Waals surface area contributed by atoms with Crippen LogP contribution < -0.4 is 0 Å². The maximum atomic E-state index is 12.2. The average Bonchev–Trinajstić information content (AvgIpc) is 2.40. The molecule has 3 unspecified atom stereocenters. The second kappa shape index (κ2) is 6.26. The molecular formula is C15H22O3. The molecule has 0 aromatic heterocycles. The molecule has 0 aromatic carbocycles. The smallest absolute Gasteiger partial charge is 0.136 e. The van der Waals surface area contributed by atoms with E-state index in [9.17, 15) is 14.4 Å². The fourth-order valence-electron chi connectivity index (χ4n) is 3.45. The van der Waals surface area contributed by atoms with E-state index in [2.05, 4.69) is 0 Å². The van der Waals surface area contributed by atoms with Crippen LogP contribution in [0.3, 0.4) is 0 Å². The van der Waals surface area contributed by atoms with Crippen LogP contribution in [0, 0.1) is 17.8 Å². The zero-order valence-electron chi connectivity index (χ0n) is 10.9. The molecule has 0 aromatic rings. The van der Waals surface area contributed by atoms with Gasteiger partial charge in [0.15, 0.2) is 0 Å². The number of hydrogen-bond donors (Lipinski definition) is 0. The van der Waals surface area contributed by atoms with Gasteiger partial charge in [0, 0.05) is 31.1 Å². The molecule has 0 bridgehead atoms. The van der Waals surface area contributed by atoms with Gasteiger partial charge in [0.05, 0.1) is 0 Å². The summed E-state index contributed by atoms with van der Waals surface area (Å²) < 4.78 is 0. The van der Waals surface area contributed by atoms with Gasteiger partial charge in [-0.15, -0.1) is 0 Å². The SMILES string of the molecule is O=CC1CCC2C(=O)CCCCC(=O)CCC2C1. The highest BCUT2D eigenvalue weighted by molar-refractivity contribution is 5.82. The molecule has 0 spiro atoms. The minimum absolute atomic E-state index is 0.108. The number of ketones is 2. The Morgan fingerprint density at radius 2 is 1.72 bits per heavy atom. The molecule has 2 aliphatic rings. The van der Waals surface area contributed by atoms with Crippen molar-refractivity contribution in [3.05, 3.63) is 0 Å². The molecule has 18 heavy (non-hydrogen) atoms. The Hall–Kier alpha value is -0.990. The Balaban J connectivity index is 2.05. The van der Waals surface area contributed by atoms with Crippen LogP contribution in [0.15, 0.2) is 0 Å². The highest BCUT2D eigenvalue weighted by Crippen LogP contribution is 2.37. The van der Waals surface area contributed by atoms with Crippen LogP contribution in [0.1, 0.15) is 57.8 Å². The van der Waals surface area contributed by atoms with Crippen LogP contribution in [0.25, 0.3) is 0 Å². The minimum Gasteiger partial charge on any atom is -0.303 e. The van der Waals surface area contributed by atoms with Crippen LogP contribution in [-0.2, 0) is 14.4 Å². The van der Waals surface area contributed by atoms with Gasteiger partial charge in [0.1, 0.15) is 17.9 Å². The molecule has 0 N–H and O–H groups in total. The maximum absolute atomic E-state index is 12.2. The van der Waals surface area contributed by atoms with Crippen LogP contribution in [0.5, 0.6) is 0 Å². The lowest BCUT2D eigenvalue weighted by Gasteiger charge is -2.34. The van der Waals surface area contributed by atoms with Crippen LogP contribution in [0.4, 0.5) is 0 Å². The molecule has 0 radical (unpaired) electrons. The second-order valence-corrected chi connectivity index (χ2v) is 5.83. The molecule has 2 aliphatic carbocycles. The van der Waals surface area contributed by atoms with E-state index in [0.717, 1.165) is 44.8 Å². The lowest BCUT2D eigenvalue weighted by atomic mass is 9.69. The topological polar surface area (TPSA) is 51.2 Å².